The predicted octanol–water partition coefficient (Wildman–Crippen LogP) is 2.49. The quantitative estimate of drug-likeness (QED) is 0.344. The van der Waals surface area contributed by atoms with E-state index in [1.54, 1.807) is 36.4 Å². The molecular weight excluding hydrogens is 437 g/mol. The molecule has 3 rings (SSSR count). The number of nitrogens with two attached hydrogens (primary N) is 1. The first-order valence-corrected chi connectivity index (χ1v) is 10.8. The lowest BCUT2D eigenvalue weighted by Crippen LogP contribution is -2.53. The summed E-state index contributed by atoms with van der Waals surface area (Å²) < 4.78 is 13.2. The average molecular weight is 464 g/mol. The zero-order chi connectivity index (χ0) is 24.5. The van der Waals surface area contributed by atoms with Gasteiger partial charge in [-0.2, -0.15) is 0 Å². The van der Waals surface area contributed by atoms with Gasteiger partial charge in [0.2, 0.25) is 11.8 Å². The molecule has 5 N–H and O–H groups in total. The standard InChI is InChI=1S/C26H26FN3O4/c27-20-10-6-18(7-11-20)15-23(26(33)34)30-25(32)22(14-19-8-12-21(28)13-9-19)29-24(31)16-17-4-2-1-3-5-17/h1-13,22-23H,14-16,28H2,(H,29,31)(H,30,32)(H,33,34)/t22-,23-/m0/s1. The summed E-state index contributed by atoms with van der Waals surface area (Å²) in [4.78, 5) is 37.5. The van der Waals surface area contributed by atoms with E-state index in [2.05, 4.69) is 10.6 Å². The Morgan fingerprint density at radius 3 is 1.91 bits per heavy atom. The molecule has 3 aromatic rings. The van der Waals surface area contributed by atoms with Crippen molar-refractivity contribution in [2.75, 3.05) is 5.73 Å². The number of halogens is 1. The van der Waals surface area contributed by atoms with Gasteiger partial charge in [-0.25, -0.2) is 9.18 Å². The lowest BCUT2D eigenvalue weighted by atomic mass is 10.0. The number of rotatable bonds is 10. The Hall–Kier alpha value is -4.20. The van der Waals surface area contributed by atoms with Gasteiger partial charge in [-0.05, 0) is 41.0 Å². The summed E-state index contributed by atoms with van der Waals surface area (Å²) in [6, 6.07) is 19.0. The van der Waals surface area contributed by atoms with Crippen LogP contribution in [0.15, 0.2) is 78.9 Å². The number of benzene rings is 3. The third-order valence-corrected chi connectivity index (χ3v) is 5.25. The maximum absolute atomic E-state index is 13.2. The molecule has 0 unspecified atom stereocenters. The van der Waals surface area contributed by atoms with Gasteiger partial charge >= 0.3 is 5.97 Å². The third kappa shape index (κ3) is 7.44. The number of hydrogen-bond acceptors (Lipinski definition) is 4. The van der Waals surface area contributed by atoms with E-state index >= 15 is 0 Å². The van der Waals surface area contributed by atoms with Crippen LogP contribution in [0.5, 0.6) is 0 Å². The highest BCUT2D eigenvalue weighted by Crippen LogP contribution is 2.11. The lowest BCUT2D eigenvalue weighted by molar-refractivity contribution is -0.142. The van der Waals surface area contributed by atoms with Crippen LogP contribution in [-0.4, -0.2) is 35.0 Å². The summed E-state index contributed by atoms with van der Waals surface area (Å²) in [5, 5.41) is 14.9. The molecule has 0 spiro atoms. The Morgan fingerprint density at radius 1 is 0.765 bits per heavy atom. The van der Waals surface area contributed by atoms with Gasteiger partial charge in [-0.3, -0.25) is 9.59 Å². The second kappa shape index (κ2) is 11.6. The van der Waals surface area contributed by atoms with Crippen LogP contribution in [-0.2, 0) is 33.6 Å². The molecule has 0 radical (unpaired) electrons. The highest BCUT2D eigenvalue weighted by atomic mass is 19.1. The number of carbonyl (C=O) groups excluding carboxylic acids is 2. The zero-order valence-electron chi connectivity index (χ0n) is 18.4. The molecule has 34 heavy (non-hydrogen) atoms. The lowest BCUT2D eigenvalue weighted by Gasteiger charge is -2.22. The first-order valence-electron chi connectivity index (χ1n) is 10.8. The summed E-state index contributed by atoms with van der Waals surface area (Å²) >= 11 is 0. The van der Waals surface area contributed by atoms with Crippen LogP contribution in [0.25, 0.3) is 0 Å². The second-order valence-corrected chi connectivity index (χ2v) is 7.96. The number of carboxylic acid groups (broad SMARTS) is 1. The Balaban J connectivity index is 1.74. The van der Waals surface area contributed by atoms with Crippen LogP contribution in [0, 0.1) is 5.82 Å². The summed E-state index contributed by atoms with van der Waals surface area (Å²) in [5.41, 5.74) is 8.37. The number of nitrogen functional groups attached to an aromatic ring is 1. The summed E-state index contributed by atoms with van der Waals surface area (Å²) in [6.45, 7) is 0. The number of amides is 2. The Bertz CT molecular complexity index is 1120. The first-order chi connectivity index (χ1) is 16.3. The van der Waals surface area contributed by atoms with Crippen molar-refractivity contribution in [1.29, 1.82) is 0 Å². The third-order valence-electron chi connectivity index (χ3n) is 5.25. The van der Waals surface area contributed by atoms with E-state index in [-0.39, 0.29) is 25.2 Å². The van der Waals surface area contributed by atoms with Crippen molar-refractivity contribution >= 4 is 23.5 Å². The maximum Gasteiger partial charge on any atom is 0.326 e. The van der Waals surface area contributed by atoms with E-state index in [0.29, 0.717) is 11.3 Å². The van der Waals surface area contributed by atoms with Gasteiger partial charge in [0.05, 0.1) is 6.42 Å². The molecule has 2 atom stereocenters. The van der Waals surface area contributed by atoms with Gasteiger partial charge in [0.1, 0.15) is 17.9 Å². The minimum Gasteiger partial charge on any atom is -0.480 e. The van der Waals surface area contributed by atoms with E-state index in [9.17, 15) is 23.9 Å². The van der Waals surface area contributed by atoms with Crippen molar-refractivity contribution in [2.45, 2.75) is 31.3 Å². The minimum atomic E-state index is -1.25. The van der Waals surface area contributed by atoms with Gasteiger partial charge in [0, 0.05) is 18.5 Å². The first kappa shape index (κ1) is 24.4. The van der Waals surface area contributed by atoms with Crippen LogP contribution in [0.1, 0.15) is 16.7 Å². The summed E-state index contributed by atoms with van der Waals surface area (Å²) in [7, 11) is 0. The smallest absolute Gasteiger partial charge is 0.326 e. The largest absolute Gasteiger partial charge is 0.480 e. The number of carboxylic acids is 1. The Labute approximate surface area is 196 Å². The number of anilines is 1. The van der Waals surface area contributed by atoms with Gasteiger partial charge in [-0.15, -0.1) is 0 Å². The number of nitrogens with one attached hydrogen (secondary N) is 2. The van der Waals surface area contributed by atoms with E-state index in [1.807, 2.05) is 18.2 Å². The highest BCUT2D eigenvalue weighted by molar-refractivity contribution is 5.91. The second-order valence-electron chi connectivity index (χ2n) is 7.96. The van der Waals surface area contributed by atoms with E-state index in [0.717, 1.165) is 11.1 Å². The molecule has 8 heteroatoms. The molecule has 0 aliphatic rings. The highest BCUT2D eigenvalue weighted by Gasteiger charge is 2.27. The van der Waals surface area contributed by atoms with Crippen molar-refractivity contribution in [3.05, 3.63) is 101 Å². The Morgan fingerprint density at radius 2 is 1.32 bits per heavy atom. The molecule has 0 aliphatic carbocycles. The van der Waals surface area contributed by atoms with Crippen molar-refractivity contribution in [2.24, 2.45) is 0 Å². The van der Waals surface area contributed by atoms with Crippen LogP contribution in [0.4, 0.5) is 10.1 Å². The Kier molecular flexibility index (Phi) is 8.34. The predicted molar refractivity (Wildman–Crippen MR) is 126 cm³/mol. The van der Waals surface area contributed by atoms with Gasteiger partial charge in [-0.1, -0.05) is 54.6 Å². The van der Waals surface area contributed by atoms with E-state index in [4.69, 9.17) is 5.73 Å². The maximum atomic E-state index is 13.2. The average Bonchev–Trinajstić information content (AvgIpc) is 2.81. The molecule has 0 bridgehead atoms. The molecule has 2 amide bonds. The van der Waals surface area contributed by atoms with Crippen molar-refractivity contribution in [1.82, 2.24) is 10.6 Å². The molecular formula is C26H26FN3O4. The van der Waals surface area contributed by atoms with Crippen LogP contribution in [0.2, 0.25) is 0 Å². The fourth-order valence-electron chi connectivity index (χ4n) is 3.45. The van der Waals surface area contributed by atoms with Crippen LogP contribution in [0.3, 0.4) is 0 Å². The molecule has 176 valence electrons. The SMILES string of the molecule is Nc1ccc(C[C@H](NC(=O)Cc2ccccc2)C(=O)N[C@@H](Cc2ccc(F)cc2)C(=O)O)cc1. The molecule has 0 saturated carbocycles. The molecule has 0 aliphatic heterocycles. The van der Waals surface area contributed by atoms with Crippen molar-refractivity contribution in [3.8, 4) is 0 Å². The number of hydrogen-bond donors (Lipinski definition) is 4. The fraction of sp³-hybridized carbons (Fsp3) is 0.192. The van der Waals surface area contributed by atoms with Gasteiger partial charge < -0.3 is 21.5 Å². The molecule has 0 heterocycles. The van der Waals surface area contributed by atoms with E-state index < -0.39 is 29.8 Å². The molecule has 0 saturated heterocycles. The minimum absolute atomic E-state index is 0.0338. The zero-order valence-corrected chi connectivity index (χ0v) is 18.4. The topological polar surface area (TPSA) is 122 Å². The molecule has 3 aromatic carbocycles. The number of carbonyl (C=O) groups is 3. The fourth-order valence-corrected chi connectivity index (χ4v) is 3.45. The van der Waals surface area contributed by atoms with Crippen LogP contribution < -0.4 is 16.4 Å². The van der Waals surface area contributed by atoms with Crippen LogP contribution >= 0.6 is 0 Å². The van der Waals surface area contributed by atoms with Gasteiger partial charge in [0.15, 0.2) is 0 Å². The van der Waals surface area contributed by atoms with Gasteiger partial charge in [0.25, 0.3) is 0 Å². The number of aliphatic carboxylic acids is 1. The summed E-state index contributed by atoms with van der Waals surface area (Å²) in [5.74, 6) is -2.68. The van der Waals surface area contributed by atoms with Crippen molar-refractivity contribution < 1.29 is 23.9 Å². The normalized spacial score (nSPS) is 12.4. The summed E-state index contributed by atoms with van der Waals surface area (Å²) in [6.07, 6.45) is 0.188. The molecule has 0 fully saturated rings. The monoisotopic (exact) mass is 463 g/mol. The van der Waals surface area contributed by atoms with E-state index in [1.165, 1.54) is 24.3 Å². The molecule has 0 aromatic heterocycles. The molecule has 7 nitrogen and oxygen atoms in total. The van der Waals surface area contributed by atoms with Crippen molar-refractivity contribution in [3.63, 3.8) is 0 Å².